The average Bonchev–Trinajstić information content (AvgIpc) is 3.47. The van der Waals surface area contributed by atoms with Gasteiger partial charge in [0.25, 0.3) is 0 Å². The van der Waals surface area contributed by atoms with Crippen molar-refractivity contribution in [3.63, 3.8) is 0 Å². The minimum atomic E-state index is -0.646. The Morgan fingerprint density at radius 1 is 0.974 bits per heavy atom. The van der Waals surface area contributed by atoms with Gasteiger partial charge in [0.15, 0.2) is 5.65 Å². The topological polar surface area (TPSA) is 94.0 Å². The molecule has 39 heavy (non-hydrogen) atoms. The number of nitrogens with zero attached hydrogens (tertiary/aromatic N) is 5. The van der Waals surface area contributed by atoms with Gasteiger partial charge in [0.1, 0.15) is 18.0 Å². The van der Waals surface area contributed by atoms with Crippen LogP contribution in [0, 0.1) is 5.82 Å². The smallest absolute Gasteiger partial charge is 0.172 e. The summed E-state index contributed by atoms with van der Waals surface area (Å²) in [6.07, 6.45) is 14.9. The molecule has 0 bridgehead atoms. The van der Waals surface area contributed by atoms with Gasteiger partial charge in [0, 0.05) is 30.5 Å². The predicted molar refractivity (Wildman–Crippen MR) is 150 cm³/mol. The van der Waals surface area contributed by atoms with Gasteiger partial charge in [-0.05, 0) is 48.2 Å². The number of hydrogen-bond acceptors (Lipinski definition) is 6. The van der Waals surface area contributed by atoms with Crippen molar-refractivity contribution in [3.8, 4) is 22.4 Å². The number of rotatable bonds is 8. The lowest BCUT2D eigenvalue weighted by molar-refractivity contribution is 0.373. The predicted octanol–water partition coefficient (Wildman–Crippen LogP) is 4.86. The Bertz CT molecular complexity index is 1630. The number of nitrogens with one attached hydrogen (secondary N) is 1. The second kappa shape index (κ2) is 10.7. The highest BCUT2D eigenvalue weighted by atomic mass is 19.1. The zero-order valence-electron chi connectivity index (χ0n) is 21.3. The van der Waals surface area contributed by atoms with Crippen LogP contribution < -0.4 is 11.1 Å². The molecule has 6 rings (SSSR count). The molecule has 0 aliphatic heterocycles. The molecule has 7 nitrogen and oxygen atoms in total. The number of nitrogens with two attached hydrogens (primary N) is 1. The first kappa shape index (κ1) is 24.8. The lowest BCUT2D eigenvalue weighted by atomic mass is 9.88. The molecule has 1 unspecified atom stereocenters. The first-order valence-electron chi connectivity index (χ1n) is 12.9. The zero-order valence-corrected chi connectivity index (χ0v) is 21.3. The summed E-state index contributed by atoms with van der Waals surface area (Å²) in [5.74, 6) is 0.438. The van der Waals surface area contributed by atoms with Crippen molar-refractivity contribution in [2.75, 3.05) is 6.54 Å². The monoisotopic (exact) mass is 517 g/mol. The van der Waals surface area contributed by atoms with Crippen LogP contribution in [0.15, 0.2) is 110 Å². The van der Waals surface area contributed by atoms with Gasteiger partial charge in [-0.25, -0.2) is 9.37 Å². The van der Waals surface area contributed by atoms with Crippen molar-refractivity contribution < 1.29 is 4.39 Å². The van der Waals surface area contributed by atoms with Gasteiger partial charge in [-0.2, -0.15) is 0 Å². The number of allylic oxidation sites excluding steroid dienone is 2. The third-order valence-corrected chi connectivity index (χ3v) is 7.03. The molecule has 1 aliphatic rings. The Balaban J connectivity index is 1.47. The summed E-state index contributed by atoms with van der Waals surface area (Å²) in [5, 5.41) is 12.5. The number of fused-ring (bicyclic) bond motifs is 1. The molecular formula is C31H28FN7. The number of benzene rings is 2. The molecule has 0 saturated heterocycles. The third kappa shape index (κ3) is 4.99. The largest absolute Gasteiger partial charge is 0.326 e. The van der Waals surface area contributed by atoms with Crippen LogP contribution in [-0.2, 0) is 12.0 Å². The first-order chi connectivity index (χ1) is 19.1. The molecule has 3 heterocycles. The van der Waals surface area contributed by atoms with E-state index >= 15 is 0 Å². The second-order valence-electron chi connectivity index (χ2n) is 9.72. The average molecular weight is 518 g/mol. The SMILES string of the molecule is N[C@H](CNC1(c2nc(-c3ccncc3)c(-c3ccc(F)cc3)c3nncn23)C=CC=CC1)Cc1ccccc1. The highest BCUT2D eigenvalue weighted by molar-refractivity contribution is 5.89. The van der Waals surface area contributed by atoms with Gasteiger partial charge >= 0.3 is 0 Å². The van der Waals surface area contributed by atoms with E-state index in [1.54, 1.807) is 30.9 Å². The van der Waals surface area contributed by atoms with Gasteiger partial charge in [-0.15, -0.1) is 10.2 Å². The molecule has 0 fully saturated rings. The maximum absolute atomic E-state index is 13.8. The number of pyridine rings is 1. The van der Waals surface area contributed by atoms with Crippen LogP contribution in [0.5, 0.6) is 0 Å². The standard InChI is InChI=1S/C31H28FN7/c32-25-11-9-23(10-12-25)27-28(24-13-17-34-18-14-24)37-30(39-21-36-38-29(27)39)31(15-5-2-6-16-31)35-20-26(33)19-22-7-3-1-4-8-22/h1-15,17-18,21,26,35H,16,19-20,33H2/t26-,31?/m0/s1. The van der Waals surface area contributed by atoms with E-state index in [2.05, 4.69) is 44.8 Å². The fourth-order valence-corrected chi connectivity index (χ4v) is 5.10. The Hall–Kier alpha value is -4.53. The van der Waals surface area contributed by atoms with E-state index in [0.29, 0.717) is 18.6 Å². The highest BCUT2D eigenvalue weighted by Gasteiger charge is 2.35. The molecule has 8 heteroatoms. The summed E-state index contributed by atoms with van der Waals surface area (Å²) < 4.78 is 15.8. The van der Waals surface area contributed by atoms with Crippen LogP contribution in [0.4, 0.5) is 4.39 Å². The van der Waals surface area contributed by atoms with Crippen molar-refractivity contribution >= 4 is 5.65 Å². The maximum atomic E-state index is 13.8. The fourth-order valence-electron chi connectivity index (χ4n) is 5.10. The molecule has 1 aliphatic carbocycles. The Kier molecular flexibility index (Phi) is 6.79. The van der Waals surface area contributed by atoms with E-state index < -0.39 is 5.54 Å². The molecule has 0 spiro atoms. The number of hydrogen-bond donors (Lipinski definition) is 2. The number of halogens is 1. The molecule has 194 valence electrons. The fraction of sp³-hybridized carbons (Fsp3) is 0.161. The summed E-state index contributed by atoms with van der Waals surface area (Å²) in [7, 11) is 0. The molecule has 2 atom stereocenters. The van der Waals surface area contributed by atoms with Crippen LogP contribution in [-0.4, -0.2) is 37.2 Å². The van der Waals surface area contributed by atoms with Crippen molar-refractivity contribution in [1.82, 2.24) is 29.9 Å². The van der Waals surface area contributed by atoms with Gasteiger partial charge in [0.2, 0.25) is 0 Å². The summed E-state index contributed by atoms with van der Waals surface area (Å²) in [4.78, 5) is 9.46. The van der Waals surface area contributed by atoms with Gasteiger partial charge < -0.3 is 5.73 Å². The van der Waals surface area contributed by atoms with E-state index in [9.17, 15) is 4.39 Å². The molecule has 0 radical (unpaired) electrons. The van der Waals surface area contributed by atoms with Gasteiger partial charge in [0.05, 0.1) is 16.8 Å². The summed E-state index contributed by atoms with van der Waals surface area (Å²) >= 11 is 0. The minimum absolute atomic E-state index is 0.0989. The molecule has 0 saturated carbocycles. The molecule has 0 amide bonds. The number of aromatic nitrogens is 5. The minimum Gasteiger partial charge on any atom is -0.326 e. The molecule has 3 aromatic heterocycles. The maximum Gasteiger partial charge on any atom is 0.172 e. The molecule has 3 N–H and O–H groups in total. The van der Waals surface area contributed by atoms with Crippen molar-refractivity contribution in [2.24, 2.45) is 5.73 Å². The van der Waals surface area contributed by atoms with Gasteiger partial charge in [-0.3, -0.25) is 14.7 Å². The van der Waals surface area contributed by atoms with E-state index in [-0.39, 0.29) is 11.9 Å². The lowest BCUT2D eigenvalue weighted by Crippen LogP contribution is -2.48. The van der Waals surface area contributed by atoms with E-state index in [0.717, 1.165) is 34.6 Å². The molecule has 5 aromatic rings. The lowest BCUT2D eigenvalue weighted by Gasteiger charge is -2.34. The third-order valence-electron chi connectivity index (χ3n) is 7.03. The Morgan fingerprint density at radius 2 is 1.77 bits per heavy atom. The second-order valence-corrected chi connectivity index (χ2v) is 9.72. The van der Waals surface area contributed by atoms with Crippen molar-refractivity contribution in [2.45, 2.75) is 24.4 Å². The van der Waals surface area contributed by atoms with Crippen LogP contribution in [0.3, 0.4) is 0 Å². The zero-order chi connectivity index (χ0) is 26.7. The normalized spacial score (nSPS) is 17.5. The van der Waals surface area contributed by atoms with Crippen LogP contribution in [0.25, 0.3) is 28.0 Å². The summed E-state index contributed by atoms with van der Waals surface area (Å²) in [6.45, 7) is 0.572. The van der Waals surface area contributed by atoms with Crippen LogP contribution in [0.1, 0.15) is 17.8 Å². The van der Waals surface area contributed by atoms with Crippen molar-refractivity contribution in [3.05, 3.63) is 127 Å². The van der Waals surface area contributed by atoms with Crippen LogP contribution >= 0.6 is 0 Å². The van der Waals surface area contributed by atoms with Gasteiger partial charge in [-0.1, -0.05) is 66.8 Å². The van der Waals surface area contributed by atoms with Crippen LogP contribution in [0.2, 0.25) is 0 Å². The van der Waals surface area contributed by atoms with E-state index in [1.807, 2.05) is 46.9 Å². The van der Waals surface area contributed by atoms with E-state index in [1.165, 1.54) is 17.7 Å². The summed E-state index contributed by atoms with van der Waals surface area (Å²) in [5.41, 5.74) is 10.9. The molecular weight excluding hydrogens is 489 g/mol. The van der Waals surface area contributed by atoms with Crippen molar-refractivity contribution in [1.29, 1.82) is 0 Å². The highest BCUT2D eigenvalue weighted by Crippen LogP contribution is 2.38. The Morgan fingerprint density at radius 3 is 2.51 bits per heavy atom. The summed E-state index contributed by atoms with van der Waals surface area (Å²) in [6, 6.07) is 20.4. The first-order valence-corrected chi connectivity index (χ1v) is 12.9. The molecule has 2 aromatic carbocycles. The van der Waals surface area contributed by atoms with E-state index in [4.69, 9.17) is 10.7 Å². The Labute approximate surface area is 226 Å². The quantitative estimate of drug-likeness (QED) is 0.305.